The van der Waals surface area contributed by atoms with Gasteiger partial charge in [-0.05, 0) is 48.6 Å². The first kappa shape index (κ1) is 19.5. The van der Waals surface area contributed by atoms with Crippen molar-refractivity contribution in [1.82, 2.24) is 4.31 Å². The summed E-state index contributed by atoms with van der Waals surface area (Å²) in [5.41, 5.74) is 1.70. The predicted octanol–water partition coefficient (Wildman–Crippen LogP) is 3.23. The third-order valence-electron chi connectivity index (χ3n) is 3.70. The molecule has 0 aliphatic rings. The number of amides is 1. The summed E-state index contributed by atoms with van der Waals surface area (Å²) in [7, 11) is -0.421. The second-order valence-electron chi connectivity index (χ2n) is 5.71. The molecular weight excluding hydrogens is 356 g/mol. The molecule has 0 saturated carbocycles. The van der Waals surface area contributed by atoms with Gasteiger partial charge in [0.15, 0.2) is 0 Å². The van der Waals surface area contributed by atoms with Crippen LogP contribution in [0.2, 0.25) is 0 Å². The van der Waals surface area contributed by atoms with Crippen LogP contribution < -0.4 is 5.32 Å². The molecule has 0 saturated heterocycles. The van der Waals surface area contributed by atoms with Gasteiger partial charge in [-0.15, -0.1) is 11.8 Å². The van der Waals surface area contributed by atoms with Crippen molar-refractivity contribution in [2.75, 3.05) is 25.7 Å². The highest BCUT2D eigenvalue weighted by Crippen LogP contribution is 2.19. The van der Waals surface area contributed by atoms with Gasteiger partial charge in [-0.2, -0.15) is 0 Å². The Hall–Kier alpha value is -1.83. The molecule has 0 bridgehead atoms. The molecule has 0 aromatic heterocycles. The van der Waals surface area contributed by atoms with E-state index >= 15 is 0 Å². The average Bonchev–Trinajstić information content (AvgIpc) is 2.60. The molecule has 0 heterocycles. The Morgan fingerprint density at radius 2 is 1.80 bits per heavy atom. The van der Waals surface area contributed by atoms with Gasteiger partial charge in [0.25, 0.3) is 0 Å². The van der Waals surface area contributed by atoms with Gasteiger partial charge in [0.2, 0.25) is 15.9 Å². The van der Waals surface area contributed by atoms with E-state index in [0.29, 0.717) is 12.8 Å². The number of aryl methyl sites for hydroxylation is 1. The number of thioether (sulfide) groups is 1. The lowest BCUT2D eigenvalue weighted by Gasteiger charge is -2.11. The van der Waals surface area contributed by atoms with Crippen LogP contribution >= 0.6 is 11.8 Å². The zero-order valence-electron chi connectivity index (χ0n) is 14.5. The zero-order valence-corrected chi connectivity index (χ0v) is 16.2. The highest BCUT2D eigenvalue weighted by molar-refractivity contribution is 7.98. The summed E-state index contributed by atoms with van der Waals surface area (Å²) in [6.45, 7) is 0. The first-order chi connectivity index (χ1) is 11.8. The normalized spacial score (nSPS) is 11.5. The van der Waals surface area contributed by atoms with Crippen molar-refractivity contribution in [2.24, 2.45) is 0 Å². The van der Waals surface area contributed by atoms with E-state index in [0.717, 1.165) is 16.1 Å². The second kappa shape index (κ2) is 8.51. The molecule has 134 valence electrons. The van der Waals surface area contributed by atoms with Crippen molar-refractivity contribution in [3.8, 4) is 0 Å². The second-order valence-corrected chi connectivity index (χ2v) is 8.74. The zero-order chi connectivity index (χ0) is 18.4. The Morgan fingerprint density at radius 3 is 2.40 bits per heavy atom. The SMILES string of the molecule is CSc1cccc(NC(=O)CCc2ccc(S(=O)(=O)N(C)C)cc2)c1. The molecule has 5 nitrogen and oxygen atoms in total. The predicted molar refractivity (Wildman–Crippen MR) is 102 cm³/mol. The molecule has 0 radical (unpaired) electrons. The molecule has 1 N–H and O–H groups in total. The quantitative estimate of drug-likeness (QED) is 0.751. The third kappa shape index (κ3) is 5.32. The van der Waals surface area contributed by atoms with Gasteiger partial charge in [-0.1, -0.05) is 18.2 Å². The van der Waals surface area contributed by atoms with Crippen LogP contribution in [0.25, 0.3) is 0 Å². The number of sulfonamides is 1. The molecule has 0 fully saturated rings. The maximum Gasteiger partial charge on any atom is 0.242 e. The standard InChI is InChI=1S/C18H22N2O3S2/c1-20(2)25(22,23)17-10-7-14(8-11-17)9-12-18(21)19-15-5-4-6-16(13-15)24-3/h4-8,10-11,13H,9,12H2,1-3H3,(H,19,21). The van der Waals surface area contributed by atoms with E-state index in [1.165, 1.54) is 18.4 Å². The number of carbonyl (C=O) groups excluding carboxylic acids is 1. The van der Waals surface area contributed by atoms with Gasteiger partial charge in [0.05, 0.1) is 4.90 Å². The number of nitrogens with zero attached hydrogens (tertiary/aromatic N) is 1. The smallest absolute Gasteiger partial charge is 0.242 e. The van der Waals surface area contributed by atoms with E-state index in [9.17, 15) is 13.2 Å². The number of hydrogen-bond acceptors (Lipinski definition) is 4. The topological polar surface area (TPSA) is 66.5 Å². The fourth-order valence-electron chi connectivity index (χ4n) is 2.22. The van der Waals surface area contributed by atoms with Crippen molar-refractivity contribution in [1.29, 1.82) is 0 Å². The Bertz CT molecular complexity index is 832. The number of benzene rings is 2. The summed E-state index contributed by atoms with van der Waals surface area (Å²) in [5, 5.41) is 2.88. The van der Waals surface area contributed by atoms with E-state index < -0.39 is 10.0 Å². The van der Waals surface area contributed by atoms with Crippen molar-refractivity contribution in [3.05, 3.63) is 54.1 Å². The number of nitrogens with one attached hydrogen (secondary N) is 1. The van der Waals surface area contributed by atoms with Gasteiger partial charge in [-0.25, -0.2) is 12.7 Å². The van der Waals surface area contributed by atoms with E-state index in [1.54, 1.807) is 36.0 Å². The van der Waals surface area contributed by atoms with Gasteiger partial charge in [-0.3, -0.25) is 4.79 Å². The van der Waals surface area contributed by atoms with Crippen molar-refractivity contribution in [3.63, 3.8) is 0 Å². The minimum atomic E-state index is -3.42. The van der Waals surface area contributed by atoms with Gasteiger partial charge in [0.1, 0.15) is 0 Å². The van der Waals surface area contributed by atoms with Crippen molar-refractivity contribution < 1.29 is 13.2 Å². The first-order valence-electron chi connectivity index (χ1n) is 7.78. The van der Waals surface area contributed by atoms with E-state index in [4.69, 9.17) is 0 Å². The maximum absolute atomic E-state index is 12.1. The molecule has 0 unspecified atom stereocenters. The lowest BCUT2D eigenvalue weighted by atomic mass is 10.1. The molecule has 25 heavy (non-hydrogen) atoms. The van der Waals surface area contributed by atoms with Crippen molar-refractivity contribution >= 4 is 33.4 Å². The number of carbonyl (C=O) groups is 1. The van der Waals surface area contributed by atoms with Crippen LogP contribution in [0.15, 0.2) is 58.3 Å². The molecule has 1 amide bonds. The van der Waals surface area contributed by atoms with Crippen molar-refractivity contribution in [2.45, 2.75) is 22.6 Å². The molecule has 2 aromatic rings. The van der Waals surface area contributed by atoms with Crippen LogP contribution in [-0.2, 0) is 21.2 Å². The van der Waals surface area contributed by atoms with Crippen LogP contribution in [0.4, 0.5) is 5.69 Å². The molecule has 0 aliphatic carbocycles. The van der Waals surface area contributed by atoms with E-state index in [2.05, 4.69) is 5.32 Å². The van der Waals surface area contributed by atoms with Crippen LogP contribution in [0.5, 0.6) is 0 Å². The van der Waals surface area contributed by atoms with E-state index in [1.807, 2.05) is 30.5 Å². The van der Waals surface area contributed by atoms with Crippen LogP contribution in [-0.4, -0.2) is 39.0 Å². The number of anilines is 1. The minimum Gasteiger partial charge on any atom is -0.326 e. The maximum atomic E-state index is 12.1. The number of hydrogen-bond donors (Lipinski definition) is 1. The largest absolute Gasteiger partial charge is 0.326 e. The molecule has 0 atom stereocenters. The third-order valence-corrected chi connectivity index (χ3v) is 6.25. The Balaban J connectivity index is 1.93. The Kier molecular flexibility index (Phi) is 6.64. The average molecular weight is 379 g/mol. The summed E-state index contributed by atoms with van der Waals surface area (Å²) >= 11 is 1.62. The van der Waals surface area contributed by atoms with Crippen LogP contribution in [0, 0.1) is 0 Å². The summed E-state index contributed by atoms with van der Waals surface area (Å²) < 4.78 is 25.2. The molecule has 0 spiro atoms. The molecule has 7 heteroatoms. The highest BCUT2D eigenvalue weighted by Gasteiger charge is 2.16. The Labute approximate surface area is 153 Å². The van der Waals surface area contributed by atoms with Crippen LogP contribution in [0.1, 0.15) is 12.0 Å². The first-order valence-corrected chi connectivity index (χ1v) is 10.4. The lowest BCUT2D eigenvalue weighted by molar-refractivity contribution is -0.116. The fraction of sp³-hybridized carbons (Fsp3) is 0.278. The molecular formula is C18H22N2O3S2. The summed E-state index contributed by atoms with van der Waals surface area (Å²) in [6, 6.07) is 14.3. The highest BCUT2D eigenvalue weighted by atomic mass is 32.2. The monoisotopic (exact) mass is 378 g/mol. The Morgan fingerprint density at radius 1 is 1.12 bits per heavy atom. The summed E-state index contributed by atoms with van der Waals surface area (Å²) in [4.78, 5) is 13.4. The number of rotatable bonds is 7. The van der Waals surface area contributed by atoms with Gasteiger partial charge in [0, 0.05) is 31.1 Å². The molecule has 0 aliphatic heterocycles. The molecule has 2 aromatic carbocycles. The van der Waals surface area contributed by atoms with Gasteiger partial charge >= 0.3 is 0 Å². The molecule has 2 rings (SSSR count). The minimum absolute atomic E-state index is 0.0664. The van der Waals surface area contributed by atoms with Gasteiger partial charge < -0.3 is 5.32 Å². The summed E-state index contributed by atoms with van der Waals surface area (Å²) in [5.74, 6) is -0.0664. The lowest BCUT2D eigenvalue weighted by Crippen LogP contribution is -2.22. The van der Waals surface area contributed by atoms with Crippen LogP contribution in [0.3, 0.4) is 0 Å². The fourth-order valence-corrected chi connectivity index (χ4v) is 3.58. The summed E-state index contributed by atoms with van der Waals surface area (Å²) in [6.07, 6.45) is 2.88. The van der Waals surface area contributed by atoms with E-state index in [-0.39, 0.29) is 10.8 Å².